The Bertz CT molecular complexity index is 364. The molecular weight excluding hydrogens is 216 g/mol. The zero-order chi connectivity index (χ0) is 12.3. The van der Waals surface area contributed by atoms with E-state index in [0.29, 0.717) is 12.5 Å². The molecule has 0 bridgehead atoms. The van der Waals surface area contributed by atoms with Crippen molar-refractivity contribution in [3.05, 3.63) is 29.8 Å². The molecule has 1 aromatic rings. The molecule has 0 N–H and O–H groups in total. The minimum atomic E-state index is -0.287. The second-order valence-electron chi connectivity index (χ2n) is 4.47. The lowest BCUT2D eigenvalue weighted by Crippen LogP contribution is -2.19. The molecule has 1 aliphatic heterocycles. The van der Waals surface area contributed by atoms with Crippen molar-refractivity contribution in [1.82, 2.24) is 0 Å². The Balaban J connectivity index is 2.09. The number of hydrogen-bond acceptors (Lipinski definition) is 3. The smallest absolute Gasteiger partial charge is 0.187 e. The van der Waals surface area contributed by atoms with E-state index in [4.69, 9.17) is 14.2 Å². The van der Waals surface area contributed by atoms with Gasteiger partial charge in [-0.25, -0.2) is 0 Å². The third kappa shape index (κ3) is 2.61. The molecule has 3 unspecified atom stereocenters. The van der Waals surface area contributed by atoms with E-state index in [-0.39, 0.29) is 12.4 Å². The van der Waals surface area contributed by atoms with Gasteiger partial charge in [-0.2, -0.15) is 0 Å². The van der Waals surface area contributed by atoms with Crippen LogP contribution >= 0.6 is 0 Å². The Morgan fingerprint density at radius 1 is 1.41 bits per heavy atom. The van der Waals surface area contributed by atoms with Crippen LogP contribution < -0.4 is 4.74 Å². The van der Waals surface area contributed by atoms with Crippen LogP contribution in [0, 0.1) is 5.92 Å². The molecular formula is C14H20O3. The van der Waals surface area contributed by atoms with Crippen molar-refractivity contribution < 1.29 is 14.2 Å². The molecule has 1 aliphatic rings. The zero-order valence-electron chi connectivity index (χ0n) is 10.7. The lowest BCUT2D eigenvalue weighted by molar-refractivity contribution is -0.0696. The van der Waals surface area contributed by atoms with Crippen molar-refractivity contribution in [2.75, 3.05) is 13.7 Å². The van der Waals surface area contributed by atoms with Crippen LogP contribution in [0.4, 0.5) is 0 Å². The van der Waals surface area contributed by atoms with E-state index in [0.717, 1.165) is 17.7 Å². The van der Waals surface area contributed by atoms with E-state index in [9.17, 15) is 0 Å². The molecule has 1 fully saturated rings. The lowest BCUT2D eigenvalue weighted by atomic mass is 10.0. The highest BCUT2D eigenvalue weighted by Crippen LogP contribution is 2.35. The number of rotatable bonds is 4. The molecule has 17 heavy (non-hydrogen) atoms. The first kappa shape index (κ1) is 12.4. The second-order valence-corrected chi connectivity index (χ2v) is 4.47. The molecule has 1 aromatic carbocycles. The molecule has 1 heterocycles. The number of methoxy groups -OCH3 is 1. The number of benzene rings is 1. The van der Waals surface area contributed by atoms with Gasteiger partial charge in [-0.3, -0.25) is 0 Å². The fourth-order valence-electron chi connectivity index (χ4n) is 2.01. The van der Waals surface area contributed by atoms with E-state index in [1.165, 1.54) is 0 Å². The maximum absolute atomic E-state index is 5.94. The van der Waals surface area contributed by atoms with Crippen molar-refractivity contribution in [3.8, 4) is 5.75 Å². The van der Waals surface area contributed by atoms with Gasteiger partial charge in [0.25, 0.3) is 0 Å². The van der Waals surface area contributed by atoms with Gasteiger partial charge in [0.2, 0.25) is 0 Å². The van der Waals surface area contributed by atoms with Crippen LogP contribution in [0.2, 0.25) is 0 Å². The summed E-state index contributed by atoms with van der Waals surface area (Å²) in [5, 5.41) is 0. The largest absolute Gasteiger partial charge is 0.496 e. The Hall–Kier alpha value is -1.06. The summed E-state index contributed by atoms with van der Waals surface area (Å²) in [6.45, 7) is 5.03. The average Bonchev–Trinajstić information content (AvgIpc) is 2.87. The van der Waals surface area contributed by atoms with Crippen molar-refractivity contribution in [2.45, 2.75) is 32.7 Å². The molecule has 1 saturated heterocycles. The molecule has 3 atom stereocenters. The Labute approximate surface area is 103 Å². The third-order valence-electron chi connectivity index (χ3n) is 3.38. The van der Waals surface area contributed by atoms with Crippen LogP contribution in [0.15, 0.2) is 24.3 Å². The molecule has 94 valence electrons. The number of ether oxygens (including phenoxy) is 3. The lowest BCUT2D eigenvalue weighted by Gasteiger charge is -2.17. The summed E-state index contributed by atoms with van der Waals surface area (Å²) < 4.78 is 17.0. The predicted molar refractivity (Wildman–Crippen MR) is 66.0 cm³/mol. The van der Waals surface area contributed by atoms with E-state index in [1.807, 2.05) is 24.3 Å². The topological polar surface area (TPSA) is 27.7 Å². The van der Waals surface area contributed by atoms with E-state index in [2.05, 4.69) is 13.8 Å². The second kappa shape index (κ2) is 5.52. The van der Waals surface area contributed by atoms with E-state index in [1.54, 1.807) is 7.11 Å². The van der Waals surface area contributed by atoms with Gasteiger partial charge in [-0.05, 0) is 12.0 Å². The van der Waals surface area contributed by atoms with Gasteiger partial charge in [0.15, 0.2) is 6.29 Å². The molecule has 0 aliphatic carbocycles. The highest BCUT2D eigenvalue weighted by Gasteiger charge is 2.31. The molecule has 3 heteroatoms. The van der Waals surface area contributed by atoms with Crippen molar-refractivity contribution in [3.63, 3.8) is 0 Å². The molecule has 2 rings (SSSR count). The van der Waals surface area contributed by atoms with E-state index < -0.39 is 0 Å². The van der Waals surface area contributed by atoms with Crippen LogP contribution in [-0.2, 0) is 9.47 Å². The fraction of sp³-hybridized carbons (Fsp3) is 0.571. The minimum Gasteiger partial charge on any atom is -0.496 e. The summed E-state index contributed by atoms with van der Waals surface area (Å²) in [5.74, 6) is 1.34. The van der Waals surface area contributed by atoms with Crippen molar-refractivity contribution >= 4 is 0 Å². The quantitative estimate of drug-likeness (QED) is 0.803. The molecule has 0 saturated carbocycles. The first-order valence-electron chi connectivity index (χ1n) is 6.16. The maximum Gasteiger partial charge on any atom is 0.187 e. The summed E-state index contributed by atoms with van der Waals surface area (Å²) in [6.07, 6.45) is 1.01. The Kier molecular flexibility index (Phi) is 4.02. The predicted octanol–water partition coefficient (Wildman–Crippen LogP) is 3.16. The first-order chi connectivity index (χ1) is 8.26. The molecule has 0 spiro atoms. The van der Waals surface area contributed by atoms with Gasteiger partial charge >= 0.3 is 0 Å². The summed E-state index contributed by atoms with van der Waals surface area (Å²) >= 11 is 0. The third-order valence-corrected chi connectivity index (χ3v) is 3.38. The SMILES string of the molecule is CCC(C)C1COC(c2ccccc2OC)O1. The van der Waals surface area contributed by atoms with Crippen LogP contribution in [0.5, 0.6) is 5.75 Å². The van der Waals surface area contributed by atoms with Crippen LogP contribution in [0.25, 0.3) is 0 Å². The summed E-state index contributed by atoms with van der Waals surface area (Å²) in [6, 6.07) is 7.84. The average molecular weight is 236 g/mol. The van der Waals surface area contributed by atoms with Gasteiger partial charge in [0.1, 0.15) is 5.75 Å². The van der Waals surface area contributed by atoms with Gasteiger partial charge in [-0.15, -0.1) is 0 Å². The Morgan fingerprint density at radius 3 is 2.88 bits per heavy atom. The Morgan fingerprint density at radius 2 is 2.18 bits per heavy atom. The van der Waals surface area contributed by atoms with Crippen LogP contribution in [0.3, 0.4) is 0 Å². The highest BCUT2D eigenvalue weighted by molar-refractivity contribution is 5.34. The molecule has 0 amide bonds. The van der Waals surface area contributed by atoms with Crippen molar-refractivity contribution in [1.29, 1.82) is 0 Å². The number of para-hydroxylation sites is 1. The molecule has 0 radical (unpaired) electrons. The molecule has 0 aromatic heterocycles. The molecule has 3 nitrogen and oxygen atoms in total. The van der Waals surface area contributed by atoms with Crippen LogP contribution in [0.1, 0.15) is 32.1 Å². The van der Waals surface area contributed by atoms with E-state index >= 15 is 0 Å². The zero-order valence-corrected chi connectivity index (χ0v) is 10.7. The normalized spacial score (nSPS) is 25.8. The highest BCUT2D eigenvalue weighted by atomic mass is 16.7. The maximum atomic E-state index is 5.94. The van der Waals surface area contributed by atoms with Gasteiger partial charge < -0.3 is 14.2 Å². The fourth-order valence-corrected chi connectivity index (χ4v) is 2.01. The standard InChI is InChI=1S/C14H20O3/c1-4-10(2)13-9-16-14(17-13)11-7-5-6-8-12(11)15-3/h5-8,10,13-14H,4,9H2,1-3H3. The monoisotopic (exact) mass is 236 g/mol. The van der Waals surface area contributed by atoms with Gasteiger partial charge in [0.05, 0.1) is 19.8 Å². The summed E-state index contributed by atoms with van der Waals surface area (Å²) in [5.41, 5.74) is 0.973. The first-order valence-corrected chi connectivity index (χ1v) is 6.16. The van der Waals surface area contributed by atoms with Gasteiger partial charge in [-0.1, -0.05) is 38.5 Å². The van der Waals surface area contributed by atoms with Crippen LogP contribution in [-0.4, -0.2) is 19.8 Å². The minimum absolute atomic E-state index is 0.190. The van der Waals surface area contributed by atoms with Crippen molar-refractivity contribution in [2.24, 2.45) is 5.92 Å². The summed E-state index contributed by atoms with van der Waals surface area (Å²) in [4.78, 5) is 0. The summed E-state index contributed by atoms with van der Waals surface area (Å²) in [7, 11) is 1.67. The van der Waals surface area contributed by atoms with Gasteiger partial charge in [0, 0.05) is 5.56 Å². The number of hydrogen-bond donors (Lipinski definition) is 0.